The second kappa shape index (κ2) is 9.89. The molecule has 0 bridgehead atoms. The Morgan fingerprint density at radius 2 is 1.68 bits per heavy atom. The maximum atomic E-state index is 12.6. The second-order valence-corrected chi connectivity index (χ2v) is 9.20. The predicted octanol–water partition coefficient (Wildman–Crippen LogP) is 5.66. The number of nitrogens with one attached hydrogen (secondary N) is 1. The SMILES string of the molecule is COC(=O)C1(c2ccc(-c3ccc(-c4cnn(C)c4NC(=O)OC(C)c4ccccc4)nc3)cc2)CC1. The number of benzene rings is 2. The number of anilines is 1. The van der Waals surface area contributed by atoms with Gasteiger partial charge in [0.1, 0.15) is 11.9 Å². The maximum absolute atomic E-state index is 12.6. The monoisotopic (exact) mass is 496 g/mol. The molecule has 37 heavy (non-hydrogen) atoms. The van der Waals surface area contributed by atoms with Crippen molar-refractivity contribution in [2.75, 3.05) is 12.4 Å². The van der Waals surface area contributed by atoms with Gasteiger partial charge in [0.2, 0.25) is 0 Å². The Kier molecular flexibility index (Phi) is 6.48. The molecule has 188 valence electrons. The number of ether oxygens (including phenoxy) is 2. The number of esters is 1. The zero-order valence-corrected chi connectivity index (χ0v) is 21.0. The highest BCUT2D eigenvalue weighted by Gasteiger charge is 2.52. The number of aryl methyl sites for hydroxylation is 1. The Morgan fingerprint density at radius 3 is 2.30 bits per heavy atom. The van der Waals surface area contributed by atoms with E-state index in [0.29, 0.717) is 17.1 Å². The number of nitrogens with zero attached hydrogens (tertiary/aromatic N) is 3. The lowest BCUT2D eigenvalue weighted by Crippen LogP contribution is -2.21. The number of carbonyl (C=O) groups excluding carboxylic acids is 2. The van der Waals surface area contributed by atoms with Gasteiger partial charge in [0, 0.05) is 18.8 Å². The lowest BCUT2D eigenvalue weighted by molar-refractivity contribution is -0.143. The van der Waals surface area contributed by atoms with Crippen molar-refractivity contribution in [3.63, 3.8) is 0 Å². The molecule has 8 nitrogen and oxygen atoms in total. The minimum absolute atomic E-state index is 0.175. The van der Waals surface area contributed by atoms with Crippen LogP contribution in [0.15, 0.2) is 79.1 Å². The minimum atomic E-state index is -0.571. The first kappa shape index (κ1) is 24.2. The fourth-order valence-electron chi connectivity index (χ4n) is 4.49. The van der Waals surface area contributed by atoms with Gasteiger partial charge in [0.25, 0.3) is 0 Å². The number of pyridine rings is 1. The third-order valence-corrected chi connectivity index (χ3v) is 6.85. The molecule has 0 spiro atoms. The van der Waals surface area contributed by atoms with Crippen molar-refractivity contribution in [1.29, 1.82) is 0 Å². The molecule has 1 aliphatic rings. The number of aromatic nitrogens is 3. The molecule has 2 aromatic carbocycles. The van der Waals surface area contributed by atoms with Gasteiger partial charge in [-0.15, -0.1) is 0 Å². The second-order valence-electron chi connectivity index (χ2n) is 9.20. The summed E-state index contributed by atoms with van der Waals surface area (Å²) in [4.78, 5) is 29.4. The van der Waals surface area contributed by atoms with Crippen LogP contribution in [0.2, 0.25) is 0 Å². The third kappa shape index (κ3) is 4.82. The van der Waals surface area contributed by atoms with E-state index in [4.69, 9.17) is 9.47 Å². The molecule has 0 aliphatic heterocycles. The van der Waals surface area contributed by atoms with E-state index < -0.39 is 17.6 Å². The summed E-state index contributed by atoms with van der Waals surface area (Å²) in [6, 6.07) is 21.4. The average Bonchev–Trinajstić information content (AvgIpc) is 3.67. The van der Waals surface area contributed by atoms with Crippen molar-refractivity contribution < 1.29 is 19.1 Å². The largest absolute Gasteiger partial charge is 0.468 e. The lowest BCUT2D eigenvalue weighted by Gasteiger charge is -2.15. The van der Waals surface area contributed by atoms with Crippen LogP contribution in [0.1, 0.15) is 37.0 Å². The summed E-state index contributed by atoms with van der Waals surface area (Å²) in [5.74, 6) is 0.318. The summed E-state index contributed by atoms with van der Waals surface area (Å²) >= 11 is 0. The van der Waals surface area contributed by atoms with Gasteiger partial charge in [-0.3, -0.25) is 19.8 Å². The van der Waals surface area contributed by atoms with E-state index in [1.807, 2.05) is 73.7 Å². The van der Waals surface area contributed by atoms with Gasteiger partial charge in [-0.1, -0.05) is 60.7 Å². The summed E-state index contributed by atoms with van der Waals surface area (Å²) in [5.41, 5.74) is 4.68. The Bertz CT molecular complexity index is 1410. The highest BCUT2D eigenvalue weighted by Crippen LogP contribution is 2.49. The van der Waals surface area contributed by atoms with Crippen LogP contribution in [0.3, 0.4) is 0 Å². The van der Waals surface area contributed by atoms with E-state index in [0.717, 1.165) is 35.1 Å². The zero-order chi connectivity index (χ0) is 26.0. The molecule has 2 aromatic heterocycles. The van der Waals surface area contributed by atoms with Crippen LogP contribution in [-0.2, 0) is 26.7 Å². The predicted molar refractivity (Wildman–Crippen MR) is 140 cm³/mol. The Labute approximate surface area is 215 Å². The number of methoxy groups -OCH3 is 1. The molecule has 0 radical (unpaired) electrons. The maximum Gasteiger partial charge on any atom is 0.413 e. The first-order valence-corrected chi connectivity index (χ1v) is 12.1. The number of rotatable bonds is 7. The highest BCUT2D eigenvalue weighted by atomic mass is 16.6. The normalized spacial score (nSPS) is 14.5. The molecule has 1 amide bonds. The van der Waals surface area contributed by atoms with E-state index in [9.17, 15) is 9.59 Å². The van der Waals surface area contributed by atoms with E-state index in [1.54, 1.807) is 24.1 Å². The Morgan fingerprint density at radius 1 is 0.973 bits per heavy atom. The van der Waals surface area contributed by atoms with Crippen molar-refractivity contribution in [3.05, 3.63) is 90.3 Å². The van der Waals surface area contributed by atoms with E-state index in [1.165, 1.54) is 7.11 Å². The fourth-order valence-corrected chi connectivity index (χ4v) is 4.49. The molecular formula is C29H28N4O4. The Balaban J connectivity index is 1.30. The number of amides is 1. The van der Waals surface area contributed by atoms with E-state index >= 15 is 0 Å². The molecule has 1 N–H and O–H groups in total. The first-order valence-electron chi connectivity index (χ1n) is 12.1. The van der Waals surface area contributed by atoms with Crippen LogP contribution in [0.4, 0.5) is 10.6 Å². The van der Waals surface area contributed by atoms with Crippen LogP contribution in [0, 0.1) is 0 Å². The molecule has 1 aliphatic carbocycles. The van der Waals surface area contributed by atoms with Gasteiger partial charge in [-0.25, -0.2) is 4.79 Å². The van der Waals surface area contributed by atoms with Crippen LogP contribution < -0.4 is 5.32 Å². The molecule has 1 unspecified atom stereocenters. The van der Waals surface area contributed by atoms with Crippen molar-refractivity contribution in [2.24, 2.45) is 7.05 Å². The van der Waals surface area contributed by atoms with Gasteiger partial charge in [-0.2, -0.15) is 5.10 Å². The molecule has 5 rings (SSSR count). The molecule has 2 heterocycles. The lowest BCUT2D eigenvalue weighted by atomic mass is 9.94. The third-order valence-electron chi connectivity index (χ3n) is 6.85. The van der Waals surface area contributed by atoms with Crippen molar-refractivity contribution in [2.45, 2.75) is 31.3 Å². The zero-order valence-electron chi connectivity index (χ0n) is 21.0. The topological polar surface area (TPSA) is 95.3 Å². The summed E-state index contributed by atoms with van der Waals surface area (Å²) in [6.45, 7) is 1.83. The smallest absolute Gasteiger partial charge is 0.413 e. The van der Waals surface area contributed by atoms with Gasteiger partial charge >= 0.3 is 12.1 Å². The number of hydrogen-bond donors (Lipinski definition) is 1. The summed E-state index contributed by atoms with van der Waals surface area (Å²) in [7, 11) is 3.18. The summed E-state index contributed by atoms with van der Waals surface area (Å²) < 4.78 is 12.1. The highest BCUT2D eigenvalue weighted by molar-refractivity contribution is 5.89. The van der Waals surface area contributed by atoms with Crippen LogP contribution in [-0.4, -0.2) is 33.9 Å². The van der Waals surface area contributed by atoms with Gasteiger partial charge in [0.15, 0.2) is 0 Å². The van der Waals surface area contributed by atoms with Crippen molar-refractivity contribution >= 4 is 17.9 Å². The van der Waals surface area contributed by atoms with Crippen LogP contribution in [0.25, 0.3) is 22.4 Å². The number of hydrogen-bond acceptors (Lipinski definition) is 6. The molecule has 1 fully saturated rings. The minimum Gasteiger partial charge on any atom is -0.468 e. The quantitative estimate of drug-likeness (QED) is 0.332. The van der Waals surface area contributed by atoms with Crippen LogP contribution >= 0.6 is 0 Å². The van der Waals surface area contributed by atoms with Crippen LogP contribution in [0.5, 0.6) is 0 Å². The van der Waals surface area contributed by atoms with Gasteiger partial charge in [0.05, 0.1) is 30.0 Å². The number of carbonyl (C=O) groups is 2. The Hall–Kier alpha value is -4.46. The van der Waals surface area contributed by atoms with Gasteiger partial charge < -0.3 is 9.47 Å². The average molecular weight is 497 g/mol. The molecule has 1 saturated carbocycles. The first-order chi connectivity index (χ1) is 17.9. The fraction of sp³-hybridized carbons (Fsp3) is 0.241. The molecular weight excluding hydrogens is 468 g/mol. The molecule has 4 aromatic rings. The standard InChI is InChI=1S/C29H28N4O4/c1-19(20-7-5-4-6-8-20)37-28(35)32-26-24(18-31-33(26)2)25-14-11-22(17-30-25)21-9-12-23(13-10-21)29(15-16-29)27(34)36-3/h4-14,17-19H,15-16H2,1-3H3,(H,32,35). The molecule has 1 atom stereocenters. The van der Waals surface area contributed by atoms with Crippen molar-refractivity contribution in [3.8, 4) is 22.4 Å². The van der Waals surface area contributed by atoms with Gasteiger partial charge in [-0.05, 0) is 42.5 Å². The summed E-state index contributed by atoms with van der Waals surface area (Å²) in [6.07, 6.45) is 4.10. The summed E-state index contributed by atoms with van der Waals surface area (Å²) in [5, 5.41) is 7.10. The molecule has 8 heteroatoms. The molecule has 0 saturated heterocycles. The van der Waals surface area contributed by atoms with E-state index in [2.05, 4.69) is 15.4 Å². The van der Waals surface area contributed by atoms with E-state index in [-0.39, 0.29) is 5.97 Å². The van der Waals surface area contributed by atoms with Crippen molar-refractivity contribution in [1.82, 2.24) is 14.8 Å².